The van der Waals surface area contributed by atoms with E-state index in [1.807, 2.05) is 44.9 Å². The first-order valence-electron chi connectivity index (χ1n) is 13.9. The average Bonchev–Trinajstić information content (AvgIpc) is 3.20. The molecule has 0 spiro atoms. The number of nitrogens with zero attached hydrogens (tertiary/aromatic N) is 1. The number of halogens is 4. The van der Waals surface area contributed by atoms with Crippen LogP contribution in [0, 0.1) is 5.41 Å². The fourth-order valence-electron chi connectivity index (χ4n) is 5.15. The molecule has 0 aromatic heterocycles. The molecule has 7 nitrogen and oxygen atoms in total. The number of fused-ring (bicyclic) bond motifs is 1. The maximum atomic E-state index is 13.2. The predicted octanol–water partition coefficient (Wildman–Crippen LogP) is 6.44. The van der Waals surface area contributed by atoms with Gasteiger partial charge in [0.15, 0.2) is 6.61 Å². The first-order chi connectivity index (χ1) is 19.2. The van der Waals surface area contributed by atoms with E-state index < -0.39 is 24.1 Å². The average molecular weight is 595 g/mol. The summed E-state index contributed by atoms with van der Waals surface area (Å²) in [6, 6.07) is 8.60. The summed E-state index contributed by atoms with van der Waals surface area (Å²) in [5.74, 6) is -0.597. The highest BCUT2D eigenvalue weighted by atomic mass is 35.5. The summed E-state index contributed by atoms with van der Waals surface area (Å²) in [5.41, 5.74) is 2.57. The van der Waals surface area contributed by atoms with Crippen LogP contribution in [0.25, 0.3) is 0 Å². The number of rotatable bonds is 8. The second kappa shape index (κ2) is 12.4. The van der Waals surface area contributed by atoms with Gasteiger partial charge in [0.05, 0.1) is 16.3 Å². The molecule has 3 N–H and O–H groups in total. The second-order valence-electron chi connectivity index (χ2n) is 11.9. The fourth-order valence-corrected chi connectivity index (χ4v) is 5.33. The number of benzene rings is 2. The standard InChI is InChI=1S/C30H38ClF3N4O3/c1-29(2,3)28(40)35-16-18-10-11-22(31)23(12-18)37-26-14-19-13-21(27(39)36-20-8-6-5-7-9-20)25(15-24(19)38(26)4)41-17-30(32,33)34/h10-13,15,20,26,37H,5-9,14,16-17H2,1-4H3,(H,35,40)(H,36,39). The number of amides is 2. The summed E-state index contributed by atoms with van der Waals surface area (Å²) < 4.78 is 44.3. The number of carbonyl (C=O) groups is 2. The van der Waals surface area contributed by atoms with Gasteiger partial charge < -0.3 is 25.6 Å². The van der Waals surface area contributed by atoms with Crippen LogP contribution in [0.15, 0.2) is 30.3 Å². The summed E-state index contributed by atoms with van der Waals surface area (Å²) in [6.45, 7) is 4.37. The molecule has 2 amide bonds. The van der Waals surface area contributed by atoms with Crippen molar-refractivity contribution < 1.29 is 27.5 Å². The molecule has 11 heteroatoms. The quantitative estimate of drug-likeness (QED) is 0.328. The number of hydrogen-bond acceptors (Lipinski definition) is 5. The Hall–Kier alpha value is -3.14. The second-order valence-corrected chi connectivity index (χ2v) is 12.3. The van der Waals surface area contributed by atoms with Crippen molar-refractivity contribution in [2.45, 2.75) is 84.2 Å². The predicted molar refractivity (Wildman–Crippen MR) is 155 cm³/mol. The molecule has 0 bridgehead atoms. The van der Waals surface area contributed by atoms with E-state index in [0.29, 0.717) is 29.4 Å². The lowest BCUT2D eigenvalue weighted by atomic mass is 9.95. The number of carbonyl (C=O) groups excluding carboxylic acids is 2. The Kier molecular flexibility index (Phi) is 9.31. The molecule has 2 aromatic carbocycles. The highest BCUT2D eigenvalue weighted by molar-refractivity contribution is 6.33. The van der Waals surface area contributed by atoms with Gasteiger partial charge in [-0.1, -0.05) is 57.7 Å². The van der Waals surface area contributed by atoms with Gasteiger partial charge in [-0.15, -0.1) is 0 Å². The van der Waals surface area contributed by atoms with Crippen molar-refractivity contribution in [1.82, 2.24) is 10.6 Å². The molecule has 2 aromatic rings. The molecule has 41 heavy (non-hydrogen) atoms. The third-order valence-electron chi connectivity index (χ3n) is 7.51. The maximum absolute atomic E-state index is 13.2. The number of nitrogens with one attached hydrogen (secondary N) is 3. The Morgan fingerprint density at radius 1 is 1.07 bits per heavy atom. The van der Waals surface area contributed by atoms with E-state index in [1.54, 1.807) is 12.1 Å². The zero-order valence-corrected chi connectivity index (χ0v) is 24.6. The van der Waals surface area contributed by atoms with Crippen LogP contribution < -0.4 is 25.6 Å². The Bertz CT molecular complexity index is 1270. The zero-order chi connectivity index (χ0) is 29.9. The smallest absolute Gasteiger partial charge is 0.422 e. The first-order valence-corrected chi connectivity index (χ1v) is 14.3. The molecular formula is C30H38ClF3N4O3. The minimum Gasteiger partial charge on any atom is -0.483 e. The lowest BCUT2D eigenvalue weighted by Crippen LogP contribution is -2.36. The normalized spacial score (nSPS) is 17.7. The van der Waals surface area contributed by atoms with Gasteiger partial charge in [0.2, 0.25) is 5.91 Å². The first kappa shape index (κ1) is 30.8. The summed E-state index contributed by atoms with van der Waals surface area (Å²) in [7, 11) is 1.82. The van der Waals surface area contributed by atoms with Crippen LogP contribution in [0.4, 0.5) is 24.5 Å². The van der Waals surface area contributed by atoms with Gasteiger partial charge in [0.25, 0.3) is 5.91 Å². The third-order valence-corrected chi connectivity index (χ3v) is 7.83. The van der Waals surface area contributed by atoms with E-state index in [0.717, 1.165) is 43.2 Å². The van der Waals surface area contributed by atoms with Crippen molar-refractivity contribution in [3.05, 3.63) is 52.0 Å². The molecule has 224 valence electrons. The molecule has 1 heterocycles. The molecule has 1 aliphatic heterocycles. The number of ether oxygens (including phenoxy) is 1. The Balaban J connectivity index is 1.53. The lowest BCUT2D eigenvalue weighted by molar-refractivity contribution is -0.153. The molecule has 1 aliphatic carbocycles. The highest BCUT2D eigenvalue weighted by Crippen LogP contribution is 2.38. The Morgan fingerprint density at radius 2 is 1.78 bits per heavy atom. The monoisotopic (exact) mass is 594 g/mol. The van der Waals surface area contributed by atoms with Crippen molar-refractivity contribution in [3.8, 4) is 5.75 Å². The van der Waals surface area contributed by atoms with Crippen LogP contribution in [-0.2, 0) is 17.8 Å². The minimum absolute atomic E-state index is 0.000315. The third kappa shape index (κ3) is 7.99. The summed E-state index contributed by atoms with van der Waals surface area (Å²) >= 11 is 6.49. The molecular weight excluding hydrogens is 557 g/mol. The summed E-state index contributed by atoms with van der Waals surface area (Å²) in [6.07, 6.45) is 0.498. The van der Waals surface area contributed by atoms with Crippen LogP contribution in [0.3, 0.4) is 0 Å². The molecule has 0 saturated heterocycles. The summed E-state index contributed by atoms with van der Waals surface area (Å²) in [5, 5.41) is 9.82. The van der Waals surface area contributed by atoms with Crippen molar-refractivity contribution in [1.29, 1.82) is 0 Å². The van der Waals surface area contributed by atoms with E-state index in [1.165, 1.54) is 6.07 Å². The Morgan fingerprint density at radius 3 is 2.44 bits per heavy atom. The van der Waals surface area contributed by atoms with Crippen LogP contribution in [0.1, 0.15) is 74.4 Å². The highest BCUT2D eigenvalue weighted by Gasteiger charge is 2.33. The van der Waals surface area contributed by atoms with E-state index >= 15 is 0 Å². The van der Waals surface area contributed by atoms with Gasteiger partial charge in [-0.3, -0.25) is 9.59 Å². The summed E-state index contributed by atoms with van der Waals surface area (Å²) in [4.78, 5) is 27.4. The van der Waals surface area contributed by atoms with Gasteiger partial charge in [0, 0.05) is 43.2 Å². The van der Waals surface area contributed by atoms with Crippen LogP contribution >= 0.6 is 11.6 Å². The molecule has 1 saturated carbocycles. The minimum atomic E-state index is -4.54. The SMILES string of the molecule is CN1c2cc(OCC(F)(F)F)c(C(=O)NC3CCCCC3)cc2CC1Nc1cc(CNC(=O)C(C)(C)C)ccc1Cl. The molecule has 1 atom stereocenters. The molecule has 0 radical (unpaired) electrons. The maximum Gasteiger partial charge on any atom is 0.422 e. The van der Waals surface area contributed by atoms with Crippen molar-refractivity contribution in [2.75, 3.05) is 23.9 Å². The fraction of sp³-hybridized carbons (Fsp3) is 0.533. The molecule has 4 rings (SSSR count). The van der Waals surface area contributed by atoms with Gasteiger partial charge in [-0.2, -0.15) is 13.2 Å². The van der Waals surface area contributed by atoms with E-state index in [-0.39, 0.29) is 29.4 Å². The largest absolute Gasteiger partial charge is 0.483 e. The number of alkyl halides is 3. The van der Waals surface area contributed by atoms with Crippen molar-refractivity contribution >= 4 is 34.8 Å². The van der Waals surface area contributed by atoms with Gasteiger partial charge >= 0.3 is 6.18 Å². The zero-order valence-electron chi connectivity index (χ0n) is 23.9. The molecule has 1 unspecified atom stereocenters. The van der Waals surface area contributed by atoms with E-state index in [4.69, 9.17) is 16.3 Å². The topological polar surface area (TPSA) is 82.7 Å². The lowest BCUT2D eigenvalue weighted by Gasteiger charge is -2.26. The molecule has 1 fully saturated rings. The van der Waals surface area contributed by atoms with Crippen molar-refractivity contribution in [3.63, 3.8) is 0 Å². The van der Waals surface area contributed by atoms with E-state index in [2.05, 4.69) is 16.0 Å². The van der Waals surface area contributed by atoms with Crippen LogP contribution in [0.2, 0.25) is 5.02 Å². The number of hydrogen-bond donors (Lipinski definition) is 3. The number of likely N-dealkylation sites (N-methyl/N-ethyl adjacent to an activating group) is 1. The van der Waals surface area contributed by atoms with E-state index in [9.17, 15) is 22.8 Å². The van der Waals surface area contributed by atoms with Gasteiger partial charge in [-0.05, 0) is 42.2 Å². The molecule has 2 aliphatic rings. The van der Waals surface area contributed by atoms with Gasteiger partial charge in [0.1, 0.15) is 11.9 Å². The van der Waals surface area contributed by atoms with Crippen molar-refractivity contribution in [2.24, 2.45) is 5.41 Å². The van der Waals surface area contributed by atoms with Crippen LogP contribution in [-0.4, -0.2) is 43.9 Å². The van der Waals surface area contributed by atoms with Gasteiger partial charge in [-0.25, -0.2) is 0 Å². The number of anilines is 2. The Labute approximate surface area is 244 Å². The van der Waals surface area contributed by atoms with Crippen LogP contribution in [0.5, 0.6) is 5.75 Å².